The van der Waals surface area contributed by atoms with Crippen LogP contribution in [0.25, 0.3) is 0 Å². The molecule has 1 nitrogen and oxygen atoms in total. The van der Waals surface area contributed by atoms with E-state index in [-0.39, 0.29) is 0 Å². The maximum atomic E-state index is 6.17. The molecule has 0 bridgehead atoms. The SMILES string of the molecule is C[C@H]1CC[C@H]2CC[C@@H](OCc3ccccc3)[C@H]21. The molecule has 3 rings (SSSR count). The first kappa shape index (κ1) is 11.3. The average molecular weight is 230 g/mol. The van der Waals surface area contributed by atoms with E-state index < -0.39 is 0 Å². The molecule has 2 aliphatic carbocycles. The van der Waals surface area contributed by atoms with E-state index in [1.807, 2.05) is 0 Å². The zero-order valence-corrected chi connectivity index (χ0v) is 10.6. The normalized spacial score (nSPS) is 36.1. The quantitative estimate of drug-likeness (QED) is 0.762. The lowest BCUT2D eigenvalue weighted by Gasteiger charge is -2.23. The van der Waals surface area contributed by atoms with Crippen LogP contribution in [0.2, 0.25) is 0 Å². The third kappa shape index (κ3) is 2.26. The predicted octanol–water partition coefficient (Wildman–Crippen LogP) is 4.03. The molecule has 0 heterocycles. The van der Waals surface area contributed by atoms with Crippen molar-refractivity contribution in [2.45, 2.75) is 45.3 Å². The molecule has 1 aromatic rings. The summed E-state index contributed by atoms with van der Waals surface area (Å²) in [7, 11) is 0. The van der Waals surface area contributed by atoms with E-state index in [9.17, 15) is 0 Å². The molecule has 0 spiro atoms. The highest BCUT2D eigenvalue weighted by molar-refractivity contribution is 5.13. The molecule has 1 heteroatoms. The van der Waals surface area contributed by atoms with Crippen molar-refractivity contribution in [3.63, 3.8) is 0 Å². The van der Waals surface area contributed by atoms with Crippen LogP contribution in [0, 0.1) is 17.8 Å². The highest BCUT2D eigenvalue weighted by atomic mass is 16.5. The van der Waals surface area contributed by atoms with Crippen LogP contribution in [0.4, 0.5) is 0 Å². The molecule has 0 aliphatic heterocycles. The molecule has 0 radical (unpaired) electrons. The average Bonchev–Trinajstić information content (AvgIpc) is 2.92. The maximum Gasteiger partial charge on any atom is 0.0720 e. The number of benzene rings is 1. The van der Waals surface area contributed by atoms with Gasteiger partial charge in [0.25, 0.3) is 0 Å². The summed E-state index contributed by atoms with van der Waals surface area (Å²) in [5, 5.41) is 0. The van der Waals surface area contributed by atoms with Gasteiger partial charge in [0.2, 0.25) is 0 Å². The van der Waals surface area contributed by atoms with Gasteiger partial charge in [-0.15, -0.1) is 0 Å². The Hall–Kier alpha value is -0.820. The number of fused-ring (bicyclic) bond motifs is 1. The number of ether oxygens (including phenoxy) is 1. The molecule has 0 amide bonds. The molecule has 4 atom stereocenters. The van der Waals surface area contributed by atoms with Gasteiger partial charge in [0.15, 0.2) is 0 Å². The van der Waals surface area contributed by atoms with Crippen LogP contribution < -0.4 is 0 Å². The van der Waals surface area contributed by atoms with E-state index in [1.165, 1.54) is 31.2 Å². The molecule has 92 valence electrons. The Morgan fingerprint density at radius 1 is 1.06 bits per heavy atom. The van der Waals surface area contributed by atoms with Crippen LogP contribution in [0.15, 0.2) is 30.3 Å². The van der Waals surface area contributed by atoms with E-state index in [0.29, 0.717) is 6.10 Å². The van der Waals surface area contributed by atoms with E-state index in [2.05, 4.69) is 37.3 Å². The van der Waals surface area contributed by atoms with Gasteiger partial charge < -0.3 is 4.74 Å². The zero-order chi connectivity index (χ0) is 11.7. The van der Waals surface area contributed by atoms with Crippen LogP contribution in [0.1, 0.15) is 38.2 Å². The van der Waals surface area contributed by atoms with E-state index in [4.69, 9.17) is 4.74 Å². The van der Waals surface area contributed by atoms with Gasteiger partial charge in [0.1, 0.15) is 0 Å². The van der Waals surface area contributed by atoms with Crippen molar-refractivity contribution in [1.82, 2.24) is 0 Å². The number of rotatable bonds is 3. The molecule has 2 fully saturated rings. The van der Waals surface area contributed by atoms with E-state index in [1.54, 1.807) is 0 Å². The summed E-state index contributed by atoms with van der Waals surface area (Å²) < 4.78 is 6.17. The van der Waals surface area contributed by atoms with Gasteiger partial charge in [0.05, 0.1) is 12.7 Å². The maximum absolute atomic E-state index is 6.17. The lowest BCUT2D eigenvalue weighted by Crippen LogP contribution is -2.23. The van der Waals surface area contributed by atoms with Crippen molar-refractivity contribution >= 4 is 0 Å². The van der Waals surface area contributed by atoms with Gasteiger partial charge in [-0.1, -0.05) is 43.7 Å². The lowest BCUT2D eigenvalue weighted by atomic mass is 9.92. The molecule has 2 aliphatic rings. The molecular formula is C16H22O. The fourth-order valence-corrected chi connectivity index (χ4v) is 3.88. The van der Waals surface area contributed by atoms with Gasteiger partial charge >= 0.3 is 0 Å². The molecule has 17 heavy (non-hydrogen) atoms. The Morgan fingerprint density at radius 3 is 2.65 bits per heavy atom. The Balaban J connectivity index is 1.59. The summed E-state index contributed by atoms with van der Waals surface area (Å²) in [6.07, 6.45) is 6.07. The zero-order valence-electron chi connectivity index (χ0n) is 10.6. The topological polar surface area (TPSA) is 9.23 Å². The molecule has 0 N–H and O–H groups in total. The van der Waals surface area contributed by atoms with Gasteiger partial charge in [-0.05, 0) is 42.6 Å². The van der Waals surface area contributed by atoms with Gasteiger partial charge in [-0.25, -0.2) is 0 Å². The molecular weight excluding hydrogens is 208 g/mol. The minimum absolute atomic E-state index is 0.526. The Labute approximate surface area is 104 Å². The summed E-state index contributed by atoms with van der Waals surface area (Å²) >= 11 is 0. The molecule has 1 aromatic carbocycles. The molecule has 0 unspecified atom stereocenters. The van der Waals surface area contributed by atoms with E-state index in [0.717, 1.165) is 24.4 Å². The third-order valence-electron chi connectivity index (χ3n) is 4.75. The van der Waals surface area contributed by atoms with Crippen molar-refractivity contribution in [2.75, 3.05) is 0 Å². The summed E-state index contributed by atoms with van der Waals surface area (Å²) in [4.78, 5) is 0. The molecule has 0 saturated heterocycles. The first-order valence-electron chi connectivity index (χ1n) is 7.00. The number of hydrogen-bond donors (Lipinski definition) is 0. The fourth-order valence-electron chi connectivity index (χ4n) is 3.88. The van der Waals surface area contributed by atoms with Crippen LogP contribution >= 0.6 is 0 Å². The second-order valence-electron chi connectivity index (χ2n) is 5.80. The summed E-state index contributed by atoms with van der Waals surface area (Å²) in [5.74, 6) is 2.69. The van der Waals surface area contributed by atoms with Gasteiger partial charge in [0, 0.05) is 0 Å². The summed E-state index contributed by atoms with van der Waals surface area (Å²) in [6, 6.07) is 10.6. The highest BCUT2D eigenvalue weighted by Gasteiger charge is 2.43. The van der Waals surface area contributed by atoms with Crippen molar-refractivity contribution in [3.05, 3.63) is 35.9 Å². The van der Waals surface area contributed by atoms with Crippen molar-refractivity contribution in [3.8, 4) is 0 Å². The standard InChI is InChI=1S/C16H22O/c1-12-7-8-14-9-10-15(16(12)14)17-11-13-5-3-2-4-6-13/h2-6,12,14-16H,7-11H2,1H3/t12-,14-,15+,16-/m0/s1. The number of hydrogen-bond acceptors (Lipinski definition) is 1. The van der Waals surface area contributed by atoms with Crippen molar-refractivity contribution in [2.24, 2.45) is 17.8 Å². The predicted molar refractivity (Wildman–Crippen MR) is 69.6 cm³/mol. The first-order chi connectivity index (χ1) is 8.34. The fraction of sp³-hybridized carbons (Fsp3) is 0.625. The highest BCUT2D eigenvalue weighted by Crippen LogP contribution is 2.48. The summed E-state index contributed by atoms with van der Waals surface area (Å²) in [5.41, 5.74) is 1.31. The Morgan fingerprint density at radius 2 is 1.82 bits per heavy atom. The second kappa shape index (κ2) is 4.81. The third-order valence-corrected chi connectivity index (χ3v) is 4.75. The smallest absolute Gasteiger partial charge is 0.0720 e. The largest absolute Gasteiger partial charge is 0.373 e. The van der Waals surface area contributed by atoms with Crippen LogP contribution in [-0.2, 0) is 11.3 Å². The lowest BCUT2D eigenvalue weighted by molar-refractivity contribution is 0.00171. The van der Waals surface area contributed by atoms with E-state index >= 15 is 0 Å². The van der Waals surface area contributed by atoms with Crippen LogP contribution in [-0.4, -0.2) is 6.10 Å². The van der Waals surface area contributed by atoms with Crippen molar-refractivity contribution < 1.29 is 4.74 Å². The minimum Gasteiger partial charge on any atom is -0.373 e. The minimum atomic E-state index is 0.526. The summed E-state index contributed by atoms with van der Waals surface area (Å²) in [6.45, 7) is 3.20. The first-order valence-corrected chi connectivity index (χ1v) is 7.00. The van der Waals surface area contributed by atoms with Crippen LogP contribution in [0.5, 0.6) is 0 Å². The molecule has 0 aromatic heterocycles. The Bertz CT molecular complexity index is 359. The monoisotopic (exact) mass is 230 g/mol. The second-order valence-corrected chi connectivity index (χ2v) is 5.80. The molecule has 2 saturated carbocycles. The van der Waals surface area contributed by atoms with Gasteiger partial charge in [-0.3, -0.25) is 0 Å². The Kier molecular flexibility index (Phi) is 3.19. The van der Waals surface area contributed by atoms with Crippen LogP contribution in [0.3, 0.4) is 0 Å². The van der Waals surface area contributed by atoms with Crippen molar-refractivity contribution in [1.29, 1.82) is 0 Å². The van der Waals surface area contributed by atoms with Gasteiger partial charge in [-0.2, -0.15) is 0 Å².